The van der Waals surface area contributed by atoms with Crippen molar-refractivity contribution < 1.29 is 0 Å². The average molecular weight is 204 g/mol. The van der Waals surface area contributed by atoms with Gasteiger partial charge in [0.05, 0.1) is 0 Å². The van der Waals surface area contributed by atoms with E-state index >= 15 is 0 Å². The standard InChI is InChI=1S/C15H24/c1-12-5-3-9-15(11-12)10-4-7-13-6-2-8-14(13)15/h3,9,12-14H,2,4-8,10-11H2,1H3/t12-,13-,14-,15+/m0/s1. The van der Waals surface area contributed by atoms with Crippen molar-refractivity contribution in [2.75, 3.05) is 0 Å². The van der Waals surface area contributed by atoms with Crippen LogP contribution in [0.4, 0.5) is 0 Å². The van der Waals surface area contributed by atoms with Crippen LogP contribution in [0.1, 0.15) is 58.3 Å². The summed E-state index contributed by atoms with van der Waals surface area (Å²) in [7, 11) is 0. The lowest BCUT2D eigenvalue weighted by Gasteiger charge is -2.47. The van der Waals surface area contributed by atoms with Gasteiger partial charge in [0.15, 0.2) is 0 Å². The molecule has 15 heavy (non-hydrogen) atoms. The maximum Gasteiger partial charge on any atom is -0.00847 e. The van der Waals surface area contributed by atoms with Crippen molar-refractivity contribution in [1.82, 2.24) is 0 Å². The van der Waals surface area contributed by atoms with E-state index in [0.29, 0.717) is 5.41 Å². The molecule has 0 unspecified atom stereocenters. The summed E-state index contributed by atoms with van der Waals surface area (Å²) in [6, 6.07) is 0. The first-order valence-corrected chi connectivity index (χ1v) is 6.98. The van der Waals surface area contributed by atoms with Gasteiger partial charge in [0, 0.05) is 0 Å². The molecule has 2 saturated carbocycles. The lowest BCUT2D eigenvalue weighted by atomic mass is 9.58. The first-order valence-electron chi connectivity index (χ1n) is 6.98. The van der Waals surface area contributed by atoms with Gasteiger partial charge in [0.2, 0.25) is 0 Å². The highest BCUT2D eigenvalue weighted by molar-refractivity contribution is 5.11. The Morgan fingerprint density at radius 3 is 2.87 bits per heavy atom. The molecular formula is C15H24. The fourth-order valence-corrected chi connectivity index (χ4v) is 4.81. The molecule has 0 N–H and O–H groups in total. The van der Waals surface area contributed by atoms with Gasteiger partial charge in [-0.25, -0.2) is 0 Å². The van der Waals surface area contributed by atoms with Crippen LogP contribution in [-0.4, -0.2) is 0 Å². The van der Waals surface area contributed by atoms with E-state index in [1.165, 1.54) is 51.4 Å². The molecule has 0 bridgehead atoms. The molecule has 0 saturated heterocycles. The highest BCUT2D eigenvalue weighted by Gasteiger charge is 2.46. The van der Waals surface area contributed by atoms with E-state index in [1.54, 1.807) is 0 Å². The molecule has 3 aliphatic rings. The topological polar surface area (TPSA) is 0 Å². The Bertz CT molecular complexity index is 265. The predicted molar refractivity (Wildman–Crippen MR) is 64.7 cm³/mol. The molecule has 0 amide bonds. The van der Waals surface area contributed by atoms with Gasteiger partial charge in [-0.3, -0.25) is 0 Å². The third kappa shape index (κ3) is 1.57. The molecule has 3 rings (SSSR count). The van der Waals surface area contributed by atoms with Crippen molar-refractivity contribution in [3.63, 3.8) is 0 Å². The molecule has 0 aromatic rings. The zero-order valence-corrected chi connectivity index (χ0v) is 10.0. The molecule has 0 heterocycles. The molecule has 84 valence electrons. The Morgan fingerprint density at radius 2 is 2.00 bits per heavy atom. The third-order valence-electron chi connectivity index (χ3n) is 5.33. The lowest BCUT2D eigenvalue weighted by Crippen LogP contribution is -2.37. The Hall–Kier alpha value is -0.260. The molecule has 0 heteroatoms. The summed E-state index contributed by atoms with van der Waals surface area (Å²) in [6.45, 7) is 2.45. The number of rotatable bonds is 0. The summed E-state index contributed by atoms with van der Waals surface area (Å²) in [5.41, 5.74) is 0.650. The molecule has 0 aromatic heterocycles. The van der Waals surface area contributed by atoms with Crippen LogP contribution >= 0.6 is 0 Å². The summed E-state index contributed by atoms with van der Waals surface area (Å²) >= 11 is 0. The van der Waals surface area contributed by atoms with Gasteiger partial charge in [-0.15, -0.1) is 0 Å². The van der Waals surface area contributed by atoms with Crippen molar-refractivity contribution in [2.45, 2.75) is 58.3 Å². The quantitative estimate of drug-likeness (QED) is 0.507. The molecule has 0 radical (unpaired) electrons. The molecule has 0 aromatic carbocycles. The maximum absolute atomic E-state index is 2.63. The van der Waals surface area contributed by atoms with Crippen LogP contribution in [0.2, 0.25) is 0 Å². The van der Waals surface area contributed by atoms with Crippen molar-refractivity contribution in [1.29, 1.82) is 0 Å². The van der Waals surface area contributed by atoms with Crippen LogP contribution < -0.4 is 0 Å². The van der Waals surface area contributed by atoms with Gasteiger partial charge in [0.25, 0.3) is 0 Å². The first-order chi connectivity index (χ1) is 7.30. The molecule has 3 aliphatic carbocycles. The first kappa shape index (κ1) is 9.93. The van der Waals surface area contributed by atoms with Crippen molar-refractivity contribution in [2.24, 2.45) is 23.2 Å². The van der Waals surface area contributed by atoms with Crippen LogP contribution in [-0.2, 0) is 0 Å². The van der Waals surface area contributed by atoms with E-state index in [1.807, 2.05) is 0 Å². The normalized spacial score (nSPS) is 49.5. The fraction of sp³-hybridized carbons (Fsp3) is 0.867. The highest BCUT2D eigenvalue weighted by Crippen LogP contribution is 2.57. The summed E-state index contributed by atoms with van der Waals surface area (Å²) < 4.78 is 0. The summed E-state index contributed by atoms with van der Waals surface area (Å²) in [5, 5.41) is 0. The predicted octanol–water partition coefficient (Wildman–Crippen LogP) is 4.56. The molecule has 0 aliphatic heterocycles. The van der Waals surface area contributed by atoms with Crippen molar-refractivity contribution in [3.05, 3.63) is 12.2 Å². The van der Waals surface area contributed by atoms with E-state index in [4.69, 9.17) is 0 Å². The van der Waals surface area contributed by atoms with Crippen molar-refractivity contribution >= 4 is 0 Å². The van der Waals surface area contributed by atoms with E-state index in [0.717, 1.165) is 17.8 Å². The van der Waals surface area contributed by atoms with Crippen LogP contribution in [0.5, 0.6) is 0 Å². The van der Waals surface area contributed by atoms with E-state index < -0.39 is 0 Å². The smallest absolute Gasteiger partial charge is 0.00847 e. The lowest BCUT2D eigenvalue weighted by molar-refractivity contribution is 0.0771. The number of hydrogen-bond acceptors (Lipinski definition) is 0. The molecule has 2 fully saturated rings. The van der Waals surface area contributed by atoms with Gasteiger partial charge in [-0.1, -0.05) is 44.8 Å². The Kier molecular flexibility index (Phi) is 2.41. The second kappa shape index (κ2) is 3.64. The molecular weight excluding hydrogens is 180 g/mol. The molecule has 1 spiro atoms. The Labute approximate surface area is 94.1 Å². The van der Waals surface area contributed by atoms with Gasteiger partial charge in [0.1, 0.15) is 0 Å². The second-order valence-corrected chi connectivity index (χ2v) is 6.37. The zero-order chi connectivity index (χ0) is 10.3. The van der Waals surface area contributed by atoms with Crippen LogP contribution in [0.3, 0.4) is 0 Å². The number of hydrogen-bond donors (Lipinski definition) is 0. The summed E-state index contributed by atoms with van der Waals surface area (Å²) in [5.74, 6) is 3.09. The highest BCUT2D eigenvalue weighted by atomic mass is 14.5. The molecule has 4 atom stereocenters. The summed E-state index contributed by atoms with van der Waals surface area (Å²) in [4.78, 5) is 0. The Morgan fingerprint density at radius 1 is 1.13 bits per heavy atom. The minimum atomic E-state index is 0.650. The SMILES string of the molecule is C[C@H]1CC=C[C@@]2(CCC[C@@H]3CCC[C@@H]32)C1. The van der Waals surface area contributed by atoms with Crippen molar-refractivity contribution in [3.8, 4) is 0 Å². The van der Waals surface area contributed by atoms with Crippen LogP contribution in [0, 0.1) is 23.2 Å². The monoisotopic (exact) mass is 204 g/mol. The molecule has 0 nitrogen and oxygen atoms in total. The van der Waals surface area contributed by atoms with E-state index in [-0.39, 0.29) is 0 Å². The van der Waals surface area contributed by atoms with Crippen LogP contribution in [0.25, 0.3) is 0 Å². The maximum atomic E-state index is 2.63. The number of fused-ring (bicyclic) bond motifs is 2. The van der Waals surface area contributed by atoms with Gasteiger partial charge >= 0.3 is 0 Å². The van der Waals surface area contributed by atoms with Gasteiger partial charge in [-0.05, 0) is 48.9 Å². The third-order valence-corrected chi connectivity index (χ3v) is 5.33. The second-order valence-electron chi connectivity index (χ2n) is 6.37. The van der Waals surface area contributed by atoms with Crippen LogP contribution in [0.15, 0.2) is 12.2 Å². The number of allylic oxidation sites excluding steroid dienone is 2. The minimum Gasteiger partial charge on any atom is -0.0877 e. The minimum absolute atomic E-state index is 0.650. The van der Waals surface area contributed by atoms with E-state index in [9.17, 15) is 0 Å². The Balaban J connectivity index is 1.88. The summed E-state index contributed by atoms with van der Waals surface area (Å²) in [6.07, 6.45) is 17.1. The zero-order valence-electron chi connectivity index (χ0n) is 10.0. The largest absolute Gasteiger partial charge is 0.0877 e. The van der Waals surface area contributed by atoms with Gasteiger partial charge in [-0.2, -0.15) is 0 Å². The average Bonchev–Trinajstić information content (AvgIpc) is 2.67. The van der Waals surface area contributed by atoms with E-state index in [2.05, 4.69) is 19.1 Å². The fourth-order valence-electron chi connectivity index (χ4n) is 4.81. The van der Waals surface area contributed by atoms with Gasteiger partial charge < -0.3 is 0 Å².